The number of nitrogens with one attached hydrogen (secondary N) is 2. The largest absolute Gasteiger partial charge is 0.505 e. The number of methoxy groups -OCH3 is 1. The van der Waals surface area contributed by atoms with Gasteiger partial charge in [0.1, 0.15) is 5.75 Å². The van der Waals surface area contributed by atoms with E-state index in [2.05, 4.69) is 15.6 Å². The summed E-state index contributed by atoms with van der Waals surface area (Å²) in [5.41, 5.74) is 1.83. The third kappa shape index (κ3) is 6.41. The first-order valence-electron chi connectivity index (χ1n) is 7.68. The fourth-order valence-corrected chi connectivity index (χ4v) is 2.29. The number of ether oxygens (including phenoxy) is 1. The van der Waals surface area contributed by atoms with Gasteiger partial charge in [-0.1, -0.05) is 24.3 Å². The molecule has 0 aromatic heterocycles. The first kappa shape index (κ1) is 21.0. The Morgan fingerprint density at radius 2 is 1.96 bits per heavy atom. The summed E-state index contributed by atoms with van der Waals surface area (Å²) in [6, 6.07) is 12.2. The number of aromatic hydroxyl groups is 1. The number of benzene rings is 2. The second-order valence-corrected chi connectivity index (χ2v) is 5.20. The van der Waals surface area contributed by atoms with E-state index < -0.39 is 5.82 Å². The van der Waals surface area contributed by atoms with Gasteiger partial charge in [-0.25, -0.2) is 4.39 Å². The van der Waals surface area contributed by atoms with Crippen molar-refractivity contribution in [2.75, 3.05) is 20.7 Å². The van der Waals surface area contributed by atoms with E-state index in [1.807, 2.05) is 24.3 Å². The zero-order valence-corrected chi connectivity index (χ0v) is 16.6. The monoisotopic (exact) mass is 459 g/mol. The van der Waals surface area contributed by atoms with E-state index in [1.54, 1.807) is 20.2 Å². The number of hydrogen-bond acceptors (Lipinski definition) is 3. The third-order valence-corrected chi connectivity index (χ3v) is 3.57. The fourth-order valence-electron chi connectivity index (χ4n) is 2.29. The van der Waals surface area contributed by atoms with Crippen LogP contribution in [-0.4, -0.2) is 31.8 Å². The maximum absolute atomic E-state index is 13.3. The highest BCUT2D eigenvalue weighted by Crippen LogP contribution is 2.17. The van der Waals surface area contributed by atoms with E-state index >= 15 is 0 Å². The number of phenolic OH excluding ortho intramolecular Hbond substituents is 1. The number of rotatable bonds is 6. The summed E-state index contributed by atoms with van der Waals surface area (Å²) < 4.78 is 18.6. The van der Waals surface area contributed by atoms with Crippen molar-refractivity contribution in [3.8, 4) is 11.5 Å². The van der Waals surface area contributed by atoms with E-state index in [9.17, 15) is 9.50 Å². The molecule has 2 aromatic rings. The molecule has 2 aromatic carbocycles. The molecular formula is C18H23FIN3O2. The van der Waals surface area contributed by atoms with Crippen LogP contribution in [0.3, 0.4) is 0 Å². The Balaban J connectivity index is 0.00000312. The molecule has 0 spiro atoms. The summed E-state index contributed by atoms with van der Waals surface area (Å²) in [6.45, 7) is 1.09. The lowest BCUT2D eigenvalue weighted by Crippen LogP contribution is -2.37. The molecule has 0 unspecified atom stereocenters. The van der Waals surface area contributed by atoms with E-state index in [4.69, 9.17) is 4.74 Å². The predicted octanol–water partition coefficient (Wildman–Crippen LogP) is 3.07. The van der Waals surface area contributed by atoms with Crippen LogP contribution in [0.4, 0.5) is 4.39 Å². The molecule has 2 rings (SSSR count). The number of guanidine groups is 1. The molecule has 3 N–H and O–H groups in total. The van der Waals surface area contributed by atoms with E-state index in [1.165, 1.54) is 12.1 Å². The average molecular weight is 459 g/mol. The van der Waals surface area contributed by atoms with Gasteiger partial charge < -0.3 is 20.5 Å². The summed E-state index contributed by atoms with van der Waals surface area (Å²) in [6.07, 6.45) is 0.790. The van der Waals surface area contributed by atoms with Crippen LogP contribution in [0.1, 0.15) is 11.1 Å². The van der Waals surface area contributed by atoms with Crippen molar-refractivity contribution in [2.45, 2.75) is 13.0 Å². The normalized spacial score (nSPS) is 10.8. The van der Waals surface area contributed by atoms with Crippen molar-refractivity contribution in [1.29, 1.82) is 0 Å². The van der Waals surface area contributed by atoms with Gasteiger partial charge in [0.15, 0.2) is 17.5 Å². The van der Waals surface area contributed by atoms with Crippen LogP contribution in [-0.2, 0) is 13.0 Å². The first-order chi connectivity index (χ1) is 11.6. The second-order valence-electron chi connectivity index (χ2n) is 5.20. The molecule has 0 amide bonds. The summed E-state index contributed by atoms with van der Waals surface area (Å²) in [5, 5.41) is 15.5. The fraction of sp³-hybridized carbons (Fsp3) is 0.278. The molecule has 0 heterocycles. The van der Waals surface area contributed by atoms with Gasteiger partial charge in [-0.15, -0.1) is 24.0 Å². The van der Waals surface area contributed by atoms with Crippen LogP contribution in [0, 0.1) is 5.82 Å². The van der Waals surface area contributed by atoms with Gasteiger partial charge in [-0.05, 0) is 35.7 Å². The van der Waals surface area contributed by atoms with Crippen molar-refractivity contribution in [3.63, 3.8) is 0 Å². The third-order valence-electron chi connectivity index (χ3n) is 3.57. The number of halogens is 2. The number of phenols is 1. The number of aliphatic imine (C=N–C) groups is 1. The molecular weight excluding hydrogens is 436 g/mol. The molecule has 0 saturated heterocycles. The van der Waals surface area contributed by atoms with Crippen molar-refractivity contribution in [3.05, 3.63) is 59.4 Å². The molecule has 0 fully saturated rings. The van der Waals surface area contributed by atoms with Crippen LogP contribution in [0.5, 0.6) is 11.5 Å². The second kappa shape index (κ2) is 10.8. The zero-order valence-electron chi connectivity index (χ0n) is 14.3. The molecule has 0 aliphatic heterocycles. The van der Waals surface area contributed by atoms with E-state index in [-0.39, 0.29) is 29.7 Å². The average Bonchev–Trinajstić information content (AvgIpc) is 2.61. The number of para-hydroxylation sites is 1. The molecule has 0 atom stereocenters. The minimum atomic E-state index is -0.631. The Bertz CT molecular complexity index is 710. The van der Waals surface area contributed by atoms with Crippen LogP contribution in [0.25, 0.3) is 0 Å². The van der Waals surface area contributed by atoms with Gasteiger partial charge in [0.25, 0.3) is 0 Å². The van der Waals surface area contributed by atoms with Gasteiger partial charge in [-0.2, -0.15) is 0 Å². The Labute approximate surface area is 164 Å². The maximum Gasteiger partial charge on any atom is 0.191 e. The maximum atomic E-state index is 13.3. The lowest BCUT2D eigenvalue weighted by molar-refractivity contribution is 0.409. The van der Waals surface area contributed by atoms with Crippen LogP contribution in [0.2, 0.25) is 0 Å². The Kier molecular flexibility index (Phi) is 9.04. The predicted molar refractivity (Wildman–Crippen MR) is 108 cm³/mol. The smallest absolute Gasteiger partial charge is 0.191 e. The van der Waals surface area contributed by atoms with Gasteiger partial charge >= 0.3 is 0 Å². The van der Waals surface area contributed by atoms with Gasteiger partial charge in [0, 0.05) is 20.1 Å². The Hall–Kier alpha value is -2.03. The highest BCUT2D eigenvalue weighted by atomic mass is 127. The van der Waals surface area contributed by atoms with Crippen LogP contribution >= 0.6 is 24.0 Å². The van der Waals surface area contributed by atoms with Crippen LogP contribution in [0.15, 0.2) is 47.5 Å². The first-order valence-corrected chi connectivity index (χ1v) is 7.68. The molecule has 5 nitrogen and oxygen atoms in total. The summed E-state index contributed by atoms with van der Waals surface area (Å²) in [4.78, 5) is 4.14. The molecule has 0 aliphatic rings. The molecule has 0 bridgehead atoms. The summed E-state index contributed by atoms with van der Waals surface area (Å²) in [7, 11) is 3.33. The highest BCUT2D eigenvalue weighted by molar-refractivity contribution is 14.0. The molecule has 136 valence electrons. The number of hydrogen-bond donors (Lipinski definition) is 3. The van der Waals surface area contributed by atoms with Crippen molar-refractivity contribution in [2.24, 2.45) is 4.99 Å². The summed E-state index contributed by atoms with van der Waals surface area (Å²) in [5.74, 6) is 0.506. The lowest BCUT2D eigenvalue weighted by Gasteiger charge is -2.13. The highest BCUT2D eigenvalue weighted by Gasteiger charge is 2.04. The molecule has 25 heavy (non-hydrogen) atoms. The minimum absolute atomic E-state index is 0. The lowest BCUT2D eigenvalue weighted by atomic mass is 10.1. The number of nitrogens with zero attached hydrogens (tertiary/aromatic N) is 1. The topological polar surface area (TPSA) is 65.9 Å². The quantitative estimate of drug-likeness (QED) is 0.353. The van der Waals surface area contributed by atoms with Crippen molar-refractivity contribution < 1.29 is 14.2 Å². The van der Waals surface area contributed by atoms with Gasteiger partial charge in [0.05, 0.1) is 7.11 Å². The van der Waals surface area contributed by atoms with Crippen molar-refractivity contribution in [1.82, 2.24) is 10.6 Å². The molecule has 0 aliphatic carbocycles. The molecule has 7 heteroatoms. The summed E-state index contributed by atoms with van der Waals surface area (Å²) >= 11 is 0. The van der Waals surface area contributed by atoms with Gasteiger partial charge in [-0.3, -0.25) is 4.99 Å². The minimum Gasteiger partial charge on any atom is -0.505 e. The molecule has 0 saturated carbocycles. The standard InChI is InChI=1S/C18H22FN3O2.HI/c1-20-18(22-12-13-7-8-16(23)15(19)11-13)21-10-9-14-5-3-4-6-17(14)24-2;/h3-8,11,23H,9-10,12H2,1-2H3,(H2,20,21,22);1H. The Morgan fingerprint density at radius 3 is 2.64 bits per heavy atom. The van der Waals surface area contributed by atoms with Crippen LogP contribution < -0.4 is 15.4 Å². The Morgan fingerprint density at radius 1 is 1.20 bits per heavy atom. The van der Waals surface area contributed by atoms with Gasteiger partial charge in [0.2, 0.25) is 0 Å². The zero-order chi connectivity index (χ0) is 17.4. The SMILES string of the molecule is CN=C(NCCc1ccccc1OC)NCc1ccc(O)c(F)c1.I. The van der Waals surface area contributed by atoms with E-state index in [0.717, 1.165) is 23.3 Å². The molecule has 0 radical (unpaired) electrons. The van der Waals surface area contributed by atoms with Crippen molar-refractivity contribution >= 4 is 29.9 Å². The van der Waals surface area contributed by atoms with E-state index in [0.29, 0.717) is 19.0 Å².